The van der Waals surface area contributed by atoms with E-state index in [1.54, 1.807) is 17.3 Å². The second kappa shape index (κ2) is 4.99. The van der Waals surface area contributed by atoms with Gasteiger partial charge in [-0.3, -0.25) is 4.79 Å². The molecule has 0 bridgehead atoms. The van der Waals surface area contributed by atoms with Crippen LogP contribution in [0.1, 0.15) is 12.8 Å². The summed E-state index contributed by atoms with van der Waals surface area (Å²) in [5.41, 5.74) is 6.50. The van der Waals surface area contributed by atoms with Gasteiger partial charge in [0.05, 0.1) is 12.7 Å². The Balaban J connectivity index is 1.82. The van der Waals surface area contributed by atoms with Gasteiger partial charge in [-0.15, -0.1) is 0 Å². The number of rotatable bonds is 3. The third-order valence-corrected chi connectivity index (χ3v) is 3.57. The van der Waals surface area contributed by atoms with Crippen molar-refractivity contribution in [2.24, 2.45) is 0 Å². The maximum atomic E-state index is 12.2. The van der Waals surface area contributed by atoms with Gasteiger partial charge in [-0.1, -0.05) is 0 Å². The van der Waals surface area contributed by atoms with Gasteiger partial charge in [-0.25, -0.2) is 9.97 Å². The van der Waals surface area contributed by atoms with Crippen LogP contribution in [0, 0.1) is 0 Å². The summed E-state index contributed by atoms with van der Waals surface area (Å²) in [5, 5.41) is 0. The number of nitrogen functional groups attached to an aromatic ring is 1. The van der Waals surface area contributed by atoms with Gasteiger partial charge in [0.25, 0.3) is 0 Å². The minimum atomic E-state index is 0.124. The highest BCUT2D eigenvalue weighted by Gasteiger charge is 2.21. The number of anilines is 2. The van der Waals surface area contributed by atoms with E-state index < -0.39 is 0 Å². The van der Waals surface area contributed by atoms with Crippen LogP contribution in [0.3, 0.4) is 0 Å². The molecule has 0 saturated carbocycles. The van der Waals surface area contributed by atoms with Crippen LogP contribution in [0.25, 0.3) is 5.65 Å². The van der Waals surface area contributed by atoms with Crippen molar-refractivity contribution in [3.05, 3.63) is 18.6 Å². The molecule has 2 aromatic rings. The number of amides is 1. The average Bonchev–Trinajstić information content (AvgIpc) is 3.08. The quantitative estimate of drug-likeness (QED) is 0.874. The summed E-state index contributed by atoms with van der Waals surface area (Å²) in [6, 6.07) is 0. The van der Waals surface area contributed by atoms with Crippen molar-refractivity contribution in [2.45, 2.75) is 12.8 Å². The van der Waals surface area contributed by atoms with Gasteiger partial charge < -0.3 is 19.9 Å². The molecule has 1 saturated heterocycles. The highest BCUT2D eigenvalue weighted by atomic mass is 16.2. The number of hydrogen-bond donors (Lipinski definition) is 1. The zero-order valence-electron chi connectivity index (χ0n) is 11.5. The summed E-state index contributed by atoms with van der Waals surface area (Å²) in [6.07, 6.45) is 7.40. The lowest BCUT2D eigenvalue weighted by atomic mass is 10.4. The number of likely N-dealkylation sites (N-methyl/N-ethyl adjacent to an activating group) is 1. The van der Waals surface area contributed by atoms with Crippen molar-refractivity contribution in [3.63, 3.8) is 0 Å². The predicted octanol–water partition coefficient (Wildman–Crippen LogP) is 0.370. The number of nitrogens with two attached hydrogens (primary N) is 1. The normalized spacial score (nSPS) is 14.9. The van der Waals surface area contributed by atoms with Crippen molar-refractivity contribution >= 4 is 23.2 Å². The van der Waals surface area contributed by atoms with Gasteiger partial charge in [-0.2, -0.15) is 0 Å². The molecule has 106 valence electrons. The van der Waals surface area contributed by atoms with Crippen LogP contribution >= 0.6 is 0 Å². The molecule has 0 aliphatic carbocycles. The first-order chi connectivity index (χ1) is 9.65. The van der Waals surface area contributed by atoms with Crippen LogP contribution in [-0.4, -0.2) is 51.9 Å². The third kappa shape index (κ3) is 2.26. The summed E-state index contributed by atoms with van der Waals surface area (Å²) in [5.74, 6) is 1.16. The van der Waals surface area contributed by atoms with Crippen LogP contribution in [0.4, 0.5) is 11.6 Å². The number of nitrogens with zero attached hydrogens (tertiary/aromatic N) is 5. The van der Waals surface area contributed by atoms with E-state index in [4.69, 9.17) is 5.73 Å². The van der Waals surface area contributed by atoms with Crippen molar-refractivity contribution in [2.75, 3.05) is 37.3 Å². The molecule has 0 spiro atoms. The number of carbonyl (C=O) groups is 1. The molecule has 2 aromatic heterocycles. The van der Waals surface area contributed by atoms with E-state index in [0.717, 1.165) is 25.9 Å². The molecule has 20 heavy (non-hydrogen) atoms. The monoisotopic (exact) mass is 274 g/mol. The first kappa shape index (κ1) is 12.7. The first-order valence-electron chi connectivity index (χ1n) is 6.73. The summed E-state index contributed by atoms with van der Waals surface area (Å²) in [7, 11) is 1.84. The van der Waals surface area contributed by atoms with E-state index in [1.807, 2.05) is 22.5 Å². The second-order valence-corrected chi connectivity index (χ2v) is 5.09. The van der Waals surface area contributed by atoms with Crippen LogP contribution in [-0.2, 0) is 4.79 Å². The lowest BCUT2D eigenvalue weighted by molar-refractivity contribution is -0.128. The molecule has 0 unspecified atom stereocenters. The Hall–Kier alpha value is -2.31. The van der Waals surface area contributed by atoms with Gasteiger partial charge >= 0.3 is 0 Å². The van der Waals surface area contributed by atoms with E-state index >= 15 is 0 Å². The van der Waals surface area contributed by atoms with Crippen molar-refractivity contribution in [1.29, 1.82) is 0 Å². The number of imidazole rings is 1. The molecule has 0 atom stereocenters. The maximum absolute atomic E-state index is 12.2. The minimum Gasteiger partial charge on any atom is -0.382 e. The fourth-order valence-electron chi connectivity index (χ4n) is 2.53. The lowest BCUT2D eigenvalue weighted by Crippen LogP contribution is -2.37. The number of likely N-dealkylation sites (tertiary alicyclic amines) is 1. The van der Waals surface area contributed by atoms with Crippen molar-refractivity contribution < 1.29 is 4.79 Å². The molecule has 7 nitrogen and oxygen atoms in total. The molecule has 1 fully saturated rings. The van der Waals surface area contributed by atoms with E-state index in [-0.39, 0.29) is 5.91 Å². The smallest absolute Gasteiger partial charge is 0.242 e. The zero-order valence-corrected chi connectivity index (χ0v) is 11.5. The molecule has 3 rings (SSSR count). The highest BCUT2D eigenvalue weighted by Crippen LogP contribution is 2.18. The molecule has 3 heterocycles. The van der Waals surface area contributed by atoms with Crippen LogP contribution in [0.2, 0.25) is 0 Å². The topological polar surface area (TPSA) is 79.8 Å². The number of hydrogen-bond acceptors (Lipinski definition) is 5. The Labute approximate surface area is 117 Å². The maximum Gasteiger partial charge on any atom is 0.242 e. The Bertz CT molecular complexity index is 631. The zero-order chi connectivity index (χ0) is 14.1. The summed E-state index contributed by atoms with van der Waals surface area (Å²) >= 11 is 0. The Morgan fingerprint density at radius 1 is 1.45 bits per heavy atom. The van der Waals surface area contributed by atoms with Gasteiger partial charge in [0, 0.05) is 32.5 Å². The van der Waals surface area contributed by atoms with E-state index in [2.05, 4.69) is 9.97 Å². The lowest BCUT2D eigenvalue weighted by Gasteiger charge is -2.22. The van der Waals surface area contributed by atoms with E-state index in [1.165, 1.54) is 0 Å². The molecule has 2 N–H and O–H groups in total. The predicted molar refractivity (Wildman–Crippen MR) is 76.5 cm³/mol. The largest absolute Gasteiger partial charge is 0.382 e. The molecule has 0 radical (unpaired) electrons. The summed E-state index contributed by atoms with van der Waals surface area (Å²) in [6.45, 7) is 2.00. The fraction of sp³-hybridized carbons (Fsp3) is 0.462. The van der Waals surface area contributed by atoms with Gasteiger partial charge in [0.15, 0.2) is 11.5 Å². The van der Waals surface area contributed by atoms with Crippen molar-refractivity contribution in [1.82, 2.24) is 19.3 Å². The fourth-order valence-corrected chi connectivity index (χ4v) is 2.53. The number of aromatic nitrogens is 3. The van der Waals surface area contributed by atoms with E-state index in [0.29, 0.717) is 23.8 Å². The average molecular weight is 274 g/mol. The van der Waals surface area contributed by atoms with Crippen molar-refractivity contribution in [3.8, 4) is 0 Å². The van der Waals surface area contributed by atoms with Gasteiger partial charge in [0.2, 0.25) is 5.91 Å². The van der Waals surface area contributed by atoms with E-state index in [9.17, 15) is 4.79 Å². The molecule has 1 amide bonds. The van der Waals surface area contributed by atoms with Crippen LogP contribution in [0.15, 0.2) is 18.6 Å². The molecule has 0 aromatic carbocycles. The Morgan fingerprint density at radius 3 is 2.95 bits per heavy atom. The molecule has 1 aliphatic rings. The second-order valence-electron chi connectivity index (χ2n) is 5.09. The van der Waals surface area contributed by atoms with Gasteiger partial charge in [-0.05, 0) is 12.8 Å². The Kier molecular flexibility index (Phi) is 3.17. The molecule has 7 heteroatoms. The third-order valence-electron chi connectivity index (χ3n) is 3.57. The van der Waals surface area contributed by atoms with Crippen LogP contribution in [0.5, 0.6) is 0 Å². The summed E-state index contributed by atoms with van der Waals surface area (Å²) in [4.78, 5) is 24.5. The standard InChI is InChI=1S/C13H18N6O/c1-17(9-11(20)18-5-2-3-6-18)13-12-15-4-7-19(12)8-10(14)16-13/h4,7-8H,2-3,5-6,9,14H2,1H3. The Morgan fingerprint density at radius 2 is 2.20 bits per heavy atom. The molecular weight excluding hydrogens is 256 g/mol. The highest BCUT2D eigenvalue weighted by molar-refractivity contribution is 5.82. The van der Waals surface area contributed by atoms with Gasteiger partial charge in [0.1, 0.15) is 5.82 Å². The minimum absolute atomic E-state index is 0.124. The summed E-state index contributed by atoms with van der Waals surface area (Å²) < 4.78 is 1.81. The first-order valence-corrected chi connectivity index (χ1v) is 6.73. The SMILES string of the molecule is CN(CC(=O)N1CCCC1)c1nc(N)cn2ccnc12. The molecule has 1 aliphatic heterocycles. The number of carbonyl (C=O) groups excluding carboxylic acids is 1. The van der Waals surface area contributed by atoms with Crippen LogP contribution < -0.4 is 10.6 Å². The molecular formula is C13H18N6O. The number of fused-ring (bicyclic) bond motifs is 1.